The molecule has 4 rings (SSSR count). The highest BCUT2D eigenvalue weighted by Gasteiger charge is 2.46. The molecule has 0 radical (unpaired) electrons. The van der Waals surface area contributed by atoms with E-state index in [1.165, 1.54) is 4.90 Å². The number of anilines is 1. The van der Waals surface area contributed by atoms with E-state index in [0.29, 0.717) is 29.0 Å². The Hall–Kier alpha value is -3.35. The van der Waals surface area contributed by atoms with Crippen molar-refractivity contribution in [2.75, 3.05) is 12.4 Å². The number of fused-ring (bicyclic) bond motifs is 1. The SMILES string of the molecule is COc1ccc(NC(=O)[C@@H]2CCC(=O)N2[C@@H]2OC(=O)c3ccccc32)cc1. The van der Waals surface area contributed by atoms with Crippen LogP contribution in [0.5, 0.6) is 5.75 Å². The number of likely N-dealkylation sites (tertiary alicyclic amines) is 1. The van der Waals surface area contributed by atoms with Crippen molar-refractivity contribution < 1.29 is 23.9 Å². The van der Waals surface area contributed by atoms with Crippen molar-refractivity contribution in [2.45, 2.75) is 25.1 Å². The van der Waals surface area contributed by atoms with Crippen molar-refractivity contribution in [1.29, 1.82) is 0 Å². The molecule has 2 atom stereocenters. The van der Waals surface area contributed by atoms with Crippen LogP contribution in [0, 0.1) is 0 Å². The number of cyclic esters (lactones) is 1. The van der Waals surface area contributed by atoms with Gasteiger partial charge in [-0.25, -0.2) is 4.79 Å². The lowest BCUT2D eigenvalue weighted by atomic mass is 10.1. The van der Waals surface area contributed by atoms with E-state index in [2.05, 4.69) is 5.32 Å². The normalized spacial score (nSPS) is 21.0. The van der Waals surface area contributed by atoms with Crippen LogP contribution >= 0.6 is 0 Å². The van der Waals surface area contributed by atoms with E-state index in [1.54, 1.807) is 55.6 Å². The molecule has 2 aliphatic heterocycles. The minimum Gasteiger partial charge on any atom is -0.497 e. The third-order valence-electron chi connectivity index (χ3n) is 4.83. The summed E-state index contributed by atoms with van der Waals surface area (Å²) in [5, 5.41) is 2.82. The third kappa shape index (κ3) is 3.01. The van der Waals surface area contributed by atoms with Gasteiger partial charge in [-0.3, -0.25) is 14.5 Å². The maximum absolute atomic E-state index is 12.8. The Labute approximate surface area is 155 Å². The van der Waals surface area contributed by atoms with Crippen LogP contribution in [-0.2, 0) is 14.3 Å². The first kappa shape index (κ1) is 17.1. The summed E-state index contributed by atoms with van der Waals surface area (Å²) < 4.78 is 10.5. The second-order valence-electron chi connectivity index (χ2n) is 6.42. The van der Waals surface area contributed by atoms with E-state index < -0.39 is 18.2 Å². The van der Waals surface area contributed by atoms with E-state index in [9.17, 15) is 14.4 Å². The molecule has 0 saturated carbocycles. The van der Waals surface area contributed by atoms with Gasteiger partial charge in [0.15, 0.2) is 0 Å². The minimum atomic E-state index is -0.865. The molecule has 2 amide bonds. The molecular weight excluding hydrogens is 348 g/mol. The van der Waals surface area contributed by atoms with Crippen LogP contribution in [0.15, 0.2) is 48.5 Å². The number of carbonyl (C=O) groups excluding carboxylic acids is 3. The molecule has 7 heteroatoms. The molecule has 1 fully saturated rings. The molecule has 7 nitrogen and oxygen atoms in total. The highest BCUT2D eigenvalue weighted by atomic mass is 16.6. The average Bonchev–Trinajstić information content (AvgIpc) is 3.22. The Kier molecular flexibility index (Phi) is 4.27. The quantitative estimate of drug-likeness (QED) is 0.841. The van der Waals surface area contributed by atoms with Crippen LogP contribution in [0.4, 0.5) is 5.69 Å². The Morgan fingerprint density at radius 3 is 2.63 bits per heavy atom. The van der Waals surface area contributed by atoms with Crippen LogP contribution in [0.25, 0.3) is 0 Å². The second-order valence-corrected chi connectivity index (χ2v) is 6.42. The van der Waals surface area contributed by atoms with Gasteiger partial charge in [0, 0.05) is 17.7 Å². The first-order chi connectivity index (χ1) is 13.1. The fraction of sp³-hybridized carbons (Fsp3) is 0.250. The number of nitrogens with zero attached hydrogens (tertiary/aromatic N) is 1. The first-order valence-corrected chi connectivity index (χ1v) is 8.64. The van der Waals surface area contributed by atoms with Crippen molar-refractivity contribution in [2.24, 2.45) is 0 Å². The molecule has 1 saturated heterocycles. The summed E-state index contributed by atoms with van der Waals surface area (Å²) in [7, 11) is 1.57. The molecule has 0 bridgehead atoms. The summed E-state index contributed by atoms with van der Waals surface area (Å²) in [6, 6.07) is 13.1. The number of benzene rings is 2. The predicted molar refractivity (Wildman–Crippen MR) is 96.1 cm³/mol. The highest BCUT2D eigenvalue weighted by molar-refractivity contribution is 6.00. The van der Waals surface area contributed by atoms with Crippen molar-refractivity contribution >= 4 is 23.5 Å². The number of amides is 2. The third-order valence-corrected chi connectivity index (χ3v) is 4.83. The summed E-state index contributed by atoms with van der Waals surface area (Å²) in [4.78, 5) is 38.7. The van der Waals surface area contributed by atoms with Gasteiger partial charge in [-0.1, -0.05) is 18.2 Å². The number of ether oxygens (including phenoxy) is 2. The topological polar surface area (TPSA) is 84.9 Å². The zero-order valence-electron chi connectivity index (χ0n) is 14.7. The van der Waals surface area contributed by atoms with Gasteiger partial charge in [-0.15, -0.1) is 0 Å². The predicted octanol–water partition coefficient (Wildman–Crippen LogP) is 2.49. The number of carbonyl (C=O) groups is 3. The molecule has 1 N–H and O–H groups in total. The standard InChI is InChI=1S/C20H18N2O5/c1-26-13-8-6-12(7-9-13)21-18(24)16-10-11-17(23)22(16)19-14-4-2-3-5-15(14)20(25)27-19/h2-9,16,19H,10-11H2,1H3,(H,21,24)/t16-,19+/m0/s1. The number of hydrogen-bond donors (Lipinski definition) is 1. The van der Waals surface area contributed by atoms with Gasteiger partial charge in [0.2, 0.25) is 18.0 Å². The molecule has 0 aromatic heterocycles. The van der Waals surface area contributed by atoms with E-state index >= 15 is 0 Å². The number of rotatable bonds is 4. The molecule has 27 heavy (non-hydrogen) atoms. The average molecular weight is 366 g/mol. The lowest BCUT2D eigenvalue weighted by Gasteiger charge is -2.29. The van der Waals surface area contributed by atoms with Gasteiger partial charge < -0.3 is 14.8 Å². The summed E-state index contributed by atoms with van der Waals surface area (Å²) >= 11 is 0. The molecule has 2 aromatic rings. The van der Waals surface area contributed by atoms with Gasteiger partial charge in [-0.05, 0) is 36.8 Å². The maximum atomic E-state index is 12.8. The molecule has 0 spiro atoms. The van der Waals surface area contributed by atoms with Gasteiger partial charge in [0.05, 0.1) is 12.7 Å². The molecule has 138 valence electrons. The largest absolute Gasteiger partial charge is 0.497 e. The molecular formula is C20H18N2O5. The van der Waals surface area contributed by atoms with Crippen molar-refractivity contribution in [3.63, 3.8) is 0 Å². The fourth-order valence-corrected chi connectivity index (χ4v) is 3.49. The van der Waals surface area contributed by atoms with Crippen LogP contribution in [0.2, 0.25) is 0 Å². The fourth-order valence-electron chi connectivity index (χ4n) is 3.49. The van der Waals surface area contributed by atoms with Gasteiger partial charge >= 0.3 is 5.97 Å². The van der Waals surface area contributed by atoms with Gasteiger partial charge in [0.25, 0.3) is 0 Å². The Morgan fingerprint density at radius 1 is 1.15 bits per heavy atom. The van der Waals surface area contributed by atoms with E-state index in [4.69, 9.17) is 9.47 Å². The zero-order chi connectivity index (χ0) is 19.0. The molecule has 0 aliphatic carbocycles. The van der Waals surface area contributed by atoms with E-state index in [1.807, 2.05) is 0 Å². The lowest BCUT2D eigenvalue weighted by Crippen LogP contribution is -2.43. The van der Waals surface area contributed by atoms with Crippen molar-refractivity contribution in [1.82, 2.24) is 4.90 Å². The zero-order valence-corrected chi connectivity index (χ0v) is 14.7. The number of nitrogens with one attached hydrogen (secondary N) is 1. The van der Waals surface area contributed by atoms with Crippen molar-refractivity contribution in [3.05, 3.63) is 59.7 Å². The molecule has 0 unspecified atom stereocenters. The number of hydrogen-bond acceptors (Lipinski definition) is 5. The van der Waals surface area contributed by atoms with Crippen LogP contribution in [-0.4, -0.2) is 35.8 Å². The molecule has 2 aliphatic rings. The Bertz CT molecular complexity index is 909. The van der Waals surface area contributed by atoms with Crippen LogP contribution in [0.1, 0.15) is 35.0 Å². The summed E-state index contributed by atoms with van der Waals surface area (Å²) in [5.41, 5.74) is 1.64. The number of esters is 1. The Morgan fingerprint density at radius 2 is 1.89 bits per heavy atom. The smallest absolute Gasteiger partial charge is 0.340 e. The van der Waals surface area contributed by atoms with Gasteiger partial charge in [0.1, 0.15) is 11.8 Å². The van der Waals surface area contributed by atoms with Crippen molar-refractivity contribution in [3.8, 4) is 5.75 Å². The Balaban J connectivity index is 1.56. The maximum Gasteiger partial charge on any atom is 0.340 e. The number of methoxy groups -OCH3 is 1. The van der Waals surface area contributed by atoms with E-state index in [0.717, 1.165) is 0 Å². The molecule has 2 heterocycles. The summed E-state index contributed by atoms with van der Waals surface area (Å²) in [6.45, 7) is 0. The molecule has 2 aromatic carbocycles. The lowest BCUT2D eigenvalue weighted by molar-refractivity contribution is -0.144. The minimum absolute atomic E-state index is 0.209. The summed E-state index contributed by atoms with van der Waals surface area (Å²) in [6.07, 6.45) is -0.260. The summed E-state index contributed by atoms with van der Waals surface area (Å²) in [5.74, 6) is -0.324. The van der Waals surface area contributed by atoms with Gasteiger partial charge in [-0.2, -0.15) is 0 Å². The monoisotopic (exact) mass is 366 g/mol. The van der Waals surface area contributed by atoms with Crippen LogP contribution in [0.3, 0.4) is 0 Å². The van der Waals surface area contributed by atoms with E-state index in [-0.39, 0.29) is 18.2 Å². The second kappa shape index (κ2) is 6.75. The highest BCUT2D eigenvalue weighted by Crippen LogP contribution is 2.38. The van der Waals surface area contributed by atoms with Crippen LogP contribution < -0.4 is 10.1 Å². The first-order valence-electron chi connectivity index (χ1n) is 8.64.